The summed E-state index contributed by atoms with van der Waals surface area (Å²) in [7, 11) is 3.60. The van der Waals surface area contributed by atoms with Gasteiger partial charge in [-0.15, -0.1) is 0 Å². The molecule has 0 bridgehead atoms. The molecule has 0 aliphatic rings. The summed E-state index contributed by atoms with van der Waals surface area (Å²) in [5, 5.41) is 3.39. The molecule has 1 aromatic carbocycles. The van der Waals surface area contributed by atoms with E-state index in [0.717, 1.165) is 17.9 Å². The topological polar surface area (TPSA) is 29.1 Å². The maximum atomic E-state index is 11.8. The van der Waals surface area contributed by atoms with Crippen LogP contribution in [0, 0.1) is 5.92 Å². The molecule has 1 N–H and O–H groups in total. The van der Waals surface area contributed by atoms with E-state index in [9.17, 15) is 4.79 Å². The monoisotopic (exact) mass is 297 g/mol. The predicted octanol–water partition coefficient (Wildman–Crippen LogP) is 4.26. The van der Waals surface area contributed by atoms with E-state index in [2.05, 4.69) is 19.2 Å². The standard InChI is InChI=1S/C15H23NOS2/c1-11(2)15(17)13-5-7-14(8-6-13)19-18-10-9-16-12(3)4/h5-8,11-12,16H,9-10H2,1-4H3. The molecule has 106 valence electrons. The summed E-state index contributed by atoms with van der Waals surface area (Å²) in [5.74, 6) is 1.36. The first-order valence-electron chi connectivity index (χ1n) is 6.68. The lowest BCUT2D eigenvalue weighted by atomic mass is 10.0. The van der Waals surface area contributed by atoms with Crippen LogP contribution in [0.2, 0.25) is 0 Å². The number of carbonyl (C=O) groups is 1. The first kappa shape index (κ1) is 16.6. The Bertz CT molecular complexity index is 388. The summed E-state index contributed by atoms with van der Waals surface area (Å²) in [6.45, 7) is 9.20. The fourth-order valence-electron chi connectivity index (χ4n) is 1.51. The molecule has 0 aliphatic heterocycles. The Morgan fingerprint density at radius 1 is 1.16 bits per heavy atom. The average Bonchev–Trinajstić information content (AvgIpc) is 2.37. The molecule has 0 unspecified atom stereocenters. The molecule has 0 aliphatic carbocycles. The lowest BCUT2D eigenvalue weighted by molar-refractivity contribution is 0.0939. The van der Waals surface area contributed by atoms with E-state index < -0.39 is 0 Å². The number of Topliss-reactive ketones (excluding diaryl/α,β-unsaturated/α-hetero) is 1. The molecular weight excluding hydrogens is 274 g/mol. The minimum absolute atomic E-state index is 0.0648. The molecule has 0 saturated heterocycles. The van der Waals surface area contributed by atoms with E-state index in [4.69, 9.17) is 0 Å². The molecule has 0 radical (unpaired) electrons. The van der Waals surface area contributed by atoms with Crippen molar-refractivity contribution in [3.63, 3.8) is 0 Å². The minimum Gasteiger partial charge on any atom is -0.314 e. The van der Waals surface area contributed by atoms with Crippen LogP contribution in [0.15, 0.2) is 29.2 Å². The zero-order valence-corrected chi connectivity index (χ0v) is 13.7. The highest BCUT2D eigenvalue weighted by atomic mass is 33.1. The number of benzene rings is 1. The Hall–Kier alpha value is -0.450. The smallest absolute Gasteiger partial charge is 0.165 e. The first-order chi connectivity index (χ1) is 9.00. The highest BCUT2D eigenvalue weighted by molar-refractivity contribution is 8.76. The quantitative estimate of drug-likeness (QED) is 0.441. The number of nitrogens with one attached hydrogen (secondary N) is 1. The summed E-state index contributed by atoms with van der Waals surface area (Å²) >= 11 is 0. The minimum atomic E-state index is 0.0648. The van der Waals surface area contributed by atoms with Crippen molar-refractivity contribution in [1.82, 2.24) is 5.32 Å². The van der Waals surface area contributed by atoms with Crippen LogP contribution in [0.1, 0.15) is 38.1 Å². The molecule has 0 aromatic heterocycles. The van der Waals surface area contributed by atoms with Gasteiger partial charge >= 0.3 is 0 Å². The van der Waals surface area contributed by atoms with Gasteiger partial charge in [0.05, 0.1) is 0 Å². The maximum Gasteiger partial charge on any atom is 0.165 e. The fraction of sp³-hybridized carbons (Fsp3) is 0.533. The van der Waals surface area contributed by atoms with Crippen molar-refractivity contribution >= 4 is 27.4 Å². The van der Waals surface area contributed by atoms with Gasteiger partial charge in [0.25, 0.3) is 0 Å². The van der Waals surface area contributed by atoms with Gasteiger partial charge in [-0.25, -0.2) is 0 Å². The molecule has 4 heteroatoms. The summed E-state index contributed by atoms with van der Waals surface area (Å²) < 4.78 is 0. The number of ketones is 1. The third kappa shape index (κ3) is 6.50. The second-order valence-electron chi connectivity index (χ2n) is 5.06. The average molecular weight is 297 g/mol. The molecule has 0 saturated carbocycles. The van der Waals surface area contributed by atoms with Crippen molar-refractivity contribution in [2.75, 3.05) is 12.3 Å². The first-order valence-corrected chi connectivity index (χ1v) is 8.99. The largest absolute Gasteiger partial charge is 0.314 e. The summed E-state index contributed by atoms with van der Waals surface area (Å²) in [6, 6.07) is 8.47. The molecule has 0 fully saturated rings. The van der Waals surface area contributed by atoms with Crippen LogP contribution in [-0.4, -0.2) is 24.1 Å². The Kier molecular flexibility index (Phi) is 7.57. The fourth-order valence-corrected chi connectivity index (χ4v) is 3.42. The Morgan fingerprint density at radius 2 is 1.79 bits per heavy atom. The third-order valence-electron chi connectivity index (χ3n) is 2.56. The maximum absolute atomic E-state index is 11.8. The van der Waals surface area contributed by atoms with E-state index in [1.165, 1.54) is 4.90 Å². The molecule has 0 atom stereocenters. The van der Waals surface area contributed by atoms with Crippen LogP contribution < -0.4 is 5.32 Å². The van der Waals surface area contributed by atoms with Gasteiger partial charge in [-0.05, 0) is 12.1 Å². The summed E-state index contributed by atoms with van der Waals surface area (Å²) in [6.07, 6.45) is 0. The Labute approximate surface area is 124 Å². The van der Waals surface area contributed by atoms with E-state index in [0.29, 0.717) is 6.04 Å². The summed E-state index contributed by atoms with van der Waals surface area (Å²) in [5.41, 5.74) is 0.811. The van der Waals surface area contributed by atoms with Crippen molar-refractivity contribution in [2.45, 2.75) is 38.6 Å². The predicted molar refractivity (Wildman–Crippen MR) is 87.1 cm³/mol. The lowest BCUT2D eigenvalue weighted by Gasteiger charge is -2.07. The number of carbonyl (C=O) groups excluding carboxylic acids is 1. The second kappa shape index (κ2) is 8.67. The third-order valence-corrected chi connectivity index (χ3v) is 4.94. The number of hydrogen-bond acceptors (Lipinski definition) is 4. The zero-order valence-electron chi connectivity index (χ0n) is 12.1. The van der Waals surface area contributed by atoms with Gasteiger partial charge in [0.2, 0.25) is 0 Å². The van der Waals surface area contributed by atoms with E-state index in [1.54, 1.807) is 10.8 Å². The van der Waals surface area contributed by atoms with Gasteiger partial charge in [0, 0.05) is 34.7 Å². The number of hydrogen-bond donors (Lipinski definition) is 1. The van der Waals surface area contributed by atoms with Crippen LogP contribution in [0.4, 0.5) is 0 Å². The van der Waals surface area contributed by atoms with Crippen LogP contribution in [0.3, 0.4) is 0 Å². The van der Waals surface area contributed by atoms with Crippen LogP contribution in [0.25, 0.3) is 0 Å². The van der Waals surface area contributed by atoms with E-state index in [1.807, 2.05) is 48.9 Å². The van der Waals surface area contributed by atoms with Crippen LogP contribution in [0.5, 0.6) is 0 Å². The second-order valence-corrected chi connectivity index (χ2v) is 7.55. The molecule has 1 aromatic rings. The zero-order chi connectivity index (χ0) is 14.3. The van der Waals surface area contributed by atoms with Crippen molar-refractivity contribution in [1.29, 1.82) is 0 Å². The molecule has 0 amide bonds. The molecule has 19 heavy (non-hydrogen) atoms. The van der Waals surface area contributed by atoms with Gasteiger partial charge < -0.3 is 5.32 Å². The van der Waals surface area contributed by atoms with E-state index in [-0.39, 0.29) is 11.7 Å². The van der Waals surface area contributed by atoms with Gasteiger partial charge in [-0.1, -0.05) is 61.4 Å². The lowest BCUT2D eigenvalue weighted by Crippen LogP contribution is -2.24. The van der Waals surface area contributed by atoms with Gasteiger partial charge in [0.1, 0.15) is 0 Å². The normalized spacial score (nSPS) is 11.3. The summed E-state index contributed by atoms with van der Waals surface area (Å²) in [4.78, 5) is 13.0. The number of rotatable bonds is 8. The molecule has 2 nitrogen and oxygen atoms in total. The molecule has 0 spiro atoms. The van der Waals surface area contributed by atoms with Crippen molar-refractivity contribution in [3.8, 4) is 0 Å². The highest BCUT2D eigenvalue weighted by Crippen LogP contribution is 2.30. The van der Waals surface area contributed by atoms with Gasteiger partial charge in [0.15, 0.2) is 5.78 Å². The van der Waals surface area contributed by atoms with E-state index >= 15 is 0 Å². The van der Waals surface area contributed by atoms with Gasteiger partial charge in [-0.3, -0.25) is 4.79 Å². The van der Waals surface area contributed by atoms with Crippen LogP contribution in [-0.2, 0) is 0 Å². The van der Waals surface area contributed by atoms with Crippen molar-refractivity contribution < 1.29 is 4.79 Å². The molecular formula is C15H23NOS2. The highest BCUT2D eigenvalue weighted by Gasteiger charge is 2.09. The SMILES string of the molecule is CC(C)NCCSSc1ccc(C(=O)C(C)C)cc1. The van der Waals surface area contributed by atoms with Crippen molar-refractivity contribution in [2.24, 2.45) is 5.92 Å². The van der Waals surface area contributed by atoms with Crippen molar-refractivity contribution in [3.05, 3.63) is 29.8 Å². The van der Waals surface area contributed by atoms with Crippen LogP contribution >= 0.6 is 21.6 Å². The Morgan fingerprint density at radius 3 is 2.32 bits per heavy atom. The molecule has 0 heterocycles. The Balaban J connectivity index is 2.34. The molecule has 1 rings (SSSR count). The van der Waals surface area contributed by atoms with Gasteiger partial charge in [-0.2, -0.15) is 0 Å².